The third kappa shape index (κ3) is 3.20. The van der Waals surface area contributed by atoms with Gasteiger partial charge in [-0.25, -0.2) is 0 Å². The lowest BCUT2D eigenvalue weighted by Crippen LogP contribution is -2.32. The van der Waals surface area contributed by atoms with Crippen molar-refractivity contribution < 1.29 is 14.3 Å². The van der Waals surface area contributed by atoms with Crippen molar-refractivity contribution in [2.75, 3.05) is 13.2 Å². The van der Waals surface area contributed by atoms with Crippen LogP contribution in [0.4, 0.5) is 0 Å². The summed E-state index contributed by atoms with van der Waals surface area (Å²) < 4.78 is 10.7. The zero-order valence-corrected chi connectivity index (χ0v) is 9.89. The molecule has 0 unspecified atom stereocenters. The molecule has 1 aromatic rings. The van der Waals surface area contributed by atoms with Gasteiger partial charge in [-0.3, -0.25) is 4.79 Å². The summed E-state index contributed by atoms with van der Waals surface area (Å²) in [5.41, 5.74) is 0. The molecule has 0 radical (unpaired) electrons. The topological polar surface area (TPSA) is 47.6 Å². The molecule has 0 aliphatic carbocycles. The molecule has 0 bridgehead atoms. The van der Waals surface area contributed by atoms with Gasteiger partial charge in [0, 0.05) is 13.0 Å². The number of hydrogen-bond donors (Lipinski definition) is 1. The molecule has 2 atom stereocenters. The molecule has 92 valence electrons. The van der Waals surface area contributed by atoms with E-state index in [1.165, 1.54) is 0 Å². The van der Waals surface area contributed by atoms with E-state index in [2.05, 4.69) is 5.32 Å². The van der Waals surface area contributed by atoms with Gasteiger partial charge >= 0.3 is 5.97 Å². The normalized spacial score (nSPS) is 23.4. The number of carbonyl (C=O) groups excluding carboxylic acids is 1. The van der Waals surface area contributed by atoms with Crippen LogP contribution in [0, 0.1) is 0 Å². The molecular formula is C13H17NO3. The van der Waals surface area contributed by atoms with Crippen LogP contribution in [0.5, 0.6) is 5.75 Å². The van der Waals surface area contributed by atoms with Crippen molar-refractivity contribution in [3.63, 3.8) is 0 Å². The Kier molecular flexibility index (Phi) is 3.98. The highest BCUT2D eigenvalue weighted by atomic mass is 16.5. The standard InChI is InChI=1S/C13H17NO3/c1-2-16-13(15)12-8-11(9-14-12)17-10-6-4-3-5-7-10/h3-7,11-12,14H,2,8-9H2,1H3/t11-,12-/m0/s1. The summed E-state index contributed by atoms with van der Waals surface area (Å²) in [6.07, 6.45) is 0.695. The van der Waals surface area contributed by atoms with E-state index in [0.29, 0.717) is 19.6 Å². The van der Waals surface area contributed by atoms with Gasteiger partial charge < -0.3 is 14.8 Å². The van der Waals surface area contributed by atoms with E-state index in [0.717, 1.165) is 5.75 Å². The smallest absolute Gasteiger partial charge is 0.323 e. The second-order valence-corrected chi connectivity index (χ2v) is 4.00. The van der Waals surface area contributed by atoms with Gasteiger partial charge in [0.1, 0.15) is 17.9 Å². The summed E-state index contributed by atoms with van der Waals surface area (Å²) in [6.45, 7) is 2.91. The molecule has 2 rings (SSSR count). The molecule has 4 heteroatoms. The molecule has 0 amide bonds. The van der Waals surface area contributed by atoms with E-state index in [1.54, 1.807) is 0 Å². The first-order valence-corrected chi connectivity index (χ1v) is 5.91. The predicted molar refractivity (Wildman–Crippen MR) is 63.9 cm³/mol. The molecule has 0 aromatic heterocycles. The molecule has 1 aliphatic heterocycles. The summed E-state index contributed by atoms with van der Waals surface area (Å²) in [5, 5.41) is 3.11. The van der Waals surface area contributed by atoms with Gasteiger partial charge in [0.15, 0.2) is 0 Å². The first kappa shape index (κ1) is 11.9. The highest BCUT2D eigenvalue weighted by Gasteiger charge is 2.31. The summed E-state index contributed by atoms with van der Waals surface area (Å²) in [6, 6.07) is 9.40. The van der Waals surface area contributed by atoms with E-state index in [1.807, 2.05) is 37.3 Å². The van der Waals surface area contributed by atoms with Gasteiger partial charge in [-0.05, 0) is 19.1 Å². The lowest BCUT2D eigenvalue weighted by molar-refractivity contribution is -0.145. The Bertz CT molecular complexity index is 366. The number of nitrogens with one attached hydrogen (secondary N) is 1. The number of benzene rings is 1. The summed E-state index contributed by atoms with van der Waals surface area (Å²) in [5.74, 6) is 0.649. The number of para-hydroxylation sites is 1. The Morgan fingerprint density at radius 3 is 2.88 bits per heavy atom. The minimum atomic E-state index is -0.233. The number of ether oxygens (including phenoxy) is 2. The van der Waals surface area contributed by atoms with Crippen LogP contribution in [0.2, 0.25) is 0 Å². The molecule has 0 spiro atoms. The number of carbonyl (C=O) groups is 1. The number of rotatable bonds is 4. The van der Waals surface area contributed by atoms with Gasteiger partial charge in [-0.2, -0.15) is 0 Å². The molecule has 1 aromatic carbocycles. The Morgan fingerprint density at radius 1 is 1.41 bits per heavy atom. The number of hydrogen-bond acceptors (Lipinski definition) is 4. The van der Waals surface area contributed by atoms with Crippen LogP contribution in [-0.4, -0.2) is 31.3 Å². The van der Waals surface area contributed by atoms with Crippen LogP contribution in [0.25, 0.3) is 0 Å². The Balaban J connectivity index is 1.84. The Morgan fingerprint density at radius 2 is 2.18 bits per heavy atom. The van der Waals surface area contributed by atoms with Crippen molar-refractivity contribution >= 4 is 5.97 Å². The first-order chi connectivity index (χ1) is 8.29. The highest BCUT2D eigenvalue weighted by Crippen LogP contribution is 2.17. The van der Waals surface area contributed by atoms with E-state index in [9.17, 15) is 4.79 Å². The molecular weight excluding hydrogens is 218 g/mol. The van der Waals surface area contributed by atoms with E-state index in [-0.39, 0.29) is 18.1 Å². The van der Waals surface area contributed by atoms with Crippen LogP contribution in [0.15, 0.2) is 30.3 Å². The SMILES string of the molecule is CCOC(=O)[C@@H]1C[C@H](Oc2ccccc2)CN1. The van der Waals surface area contributed by atoms with Crippen LogP contribution in [0.1, 0.15) is 13.3 Å². The van der Waals surface area contributed by atoms with Crippen LogP contribution in [-0.2, 0) is 9.53 Å². The maximum absolute atomic E-state index is 11.5. The minimum absolute atomic E-state index is 0.0341. The molecule has 4 nitrogen and oxygen atoms in total. The molecule has 1 N–H and O–H groups in total. The molecule has 17 heavy (non-hydrogen) atoms. The summed E-state index contributed by atoms with van der Waals surface area (Å²) >= 11 is 0. The van der Waals surface area contributed by atoms with Crippen molar-refractivity contribution in [1.29, 1.82) is 0 Å². The van der Waals surface area contributed by atoms with Crippen LogP contribution < -0.4 is 10.1 Å². The van der Waals surface area contributed by atoms with Crippen molar-refractivity contribution in [2.45, 2.75) is 25.5 Å². The largest absolute Gasteiger partial charge is 0.489 e. The number of esters is 1. The Hall–Kier alpha value is -1.55. The van der Waals surface area contributed by atoms with Gasteiger partial charge in [-0.15, -0.1) is 0 Å². The second kappa shape index (κ2) is 5.68. The van der Waals surface area contributed by atoms with Crippen molar-refractivity contribution in [3.8, 4) is 5.75 Å². The molecule has 0 saturated carbocycles. The zero-order valence-electron chi connectivity index (χ0n) is 9.89. The highest BCUT2D eigenvalue weighted by molar-refractivity contribution is 5.76. The fraction of sp³-hybridized carbons (Fsp3) is 0.462. The molecule has 1 saturated heterocycles. The lowest BCUT2D eigenvalue weighted by Gasteiger charge is -2.12. The zero-order chi connectivity index (χ0) is 12.1. The van der Waals surface area contributed by atoms with Gasteiger partial charge in [0.05, 0.1) is 6.61 Å². The third-order valence-corrected chi connectivity index (χ3v) is 2.71. The lowest BCUT2D eigenvalue weighted by atomic mass is 10.2. The average molecular weight is 235 g/mol. The monoisotopic (exact) mass is 235 g/mol. The van der Waals surface area contributed by atoms with E-state index in [4.69, 9.17) is 9.47 Å². The fourth-order valence-corrected chi connectivity index (χ4v) is 1.91. The van der Waals surface area contributed by atoms with Crippen molar-refractivity contribution in [2.24, 2.45) is 0 Å². The average Bonchev–Trinajstić information content (AvgIpc) is 2.79. The van der Waals surface area contributed by atoms with Gasteiger partial charge in [0.2, 0.25) is 0 Å². The fourth-order valence-electron chi connectivity index (χ4n) is 1.91. The minimum Gasteiger partial charge on any atom is -0.489 e. The maximum atomic E-state index is 11.5. The summed E-state index contributed by atoms with van der Waals surface area (Å²) in [7, 11) is 0. The van der Waals surface area contributed by atoms with E-state index < -0.39 is 0 Å². The van der Waals surface area contributed by atoms with Crippen LogP contribution >= 0.6 is 0 Å². The maximum Gasteiger partial charge on any atom is 0.323 e. The second-order valence-electron chi connectivity index (χ2n) is 4.00. The quantitative estimate of drug-likeness (QED) is 0.800. The first-order valence-electron chi connectivity index (χ1n) is 5.91. The van der Waals surface area contributed by atoms with Crippen LogP contribution in [0.3, 0.4) is 0 Å². The van der Waals surface area contributed by atoms with Crippen molar-refractivity contribution in [3.05, 3.63) is 30.3 Å². The molecule has 1 aliphatic rings. The summed E-state index contributed by atoms with van der Waals surface area (Å²) in [4.78, 5) is 11.5. The van der Waals surface area contributed by atoms with E-state index >= 15 is 0 Å². The van der Waals surface area contributed by atoms with Crippen molar-refractivity contribution in [1.82, 2.24) is 5.32 Å². The van der Waals surface area contributed by atoms with Gasteiger partial charge in [0.25, 0.3) is 0 Å². The molecule has 1 fully saturated rings. The Labute approximate surface area is 101 Å². The third-order valence-electron chi connectivity index (χ3n) is 2.71. The predicted octanol–water partition coefficient (Wildman–Crippen LogP) is 1.36. The molecule has 1 heterocycles. The van der Waals surface area contributed by atoms with Gasteiger partial charge in [-0.1, -0.05) is 18.2 Å².